The van der Waals surface area contributed by atoms with Gasteiger partial charge in [0.2, 0.25) is 0 Å². The molecule has 0 amide bonds. The van der Waals surface area contributed by atoms with E-state index in [1.807, 2.05) is 64.5 Å². The topological polar surface area (TPSA) is 237 Å². The minimum Gasteiger partial charge on any atom is -0.381 e. The van der Waals surface area contributed by atoms with E-state index in [1.54, 1.807) is 38.6 Å². The van der Waals surface area contributed by atoms with Crippen molar-refractivity contribution in [2.24, 2.45) is 0 Å². The molecule has 388 valence electrons. The Morgan fingerprint density at radius 1 is 0.543 bits per heavy atom. The van der Waals surface area contributed by atoms with E-state index in [2.05, 4.69) is 40.3 Å². The molecule has 4 aliphatic heterocycles. The van der Waals surface area contributed by atoms with Crippen molar-refractivity contribution in [3.05, 3.63) is 70.9 Å². The first-order valence-electron chi connectivity index (χ1n) is 25.0. The Bertz CT molecular complexity index is 2340. The zero-order valence-corrected chi connectivity index (χ0v) is 44.1. The van der Waals surface area contributed by atoms with Gasteiger partial charge in [-0.15, -0.1) is 20.4 Å². The van der Waals surface area contributed by atoms with E-state index in [0.29, 0.717) is 49.5 Å². The molecule has 0 radical (unpaired) electrons. The number of sulfone groups is 2. The average molecular weight is 1020 g/mol. The summed E-state index contributed by atoms with van der Waals surface area (Å²) in [6.45, 7) is 21.1. The van der Waals surface area contributed by atoms with Crippen LogP contribution in [-0.2, 0) is 59.6 Å². The van der Waals surface area contributed by atoms with Crippen LogP contribution in [0.5, 0.6) is 0 Å². The highest BCUT2D eigenvalue weighted by atomic mass is 32.2. The zero-order chi connectivity index (χ0) is 50.3. The standard InChI is InChI=1S/2C24H37N5O5S/c2*1-15(2)33-23(20-13-25-16(3)12-26-20)18(5)35(30,31)14-22-27-28-24(21-7-6-17(4)34-21)29(22)19-8-10-32-11-9-19/h2*12-13,15,17-19,21,23H,6-11,14H2,1-5H3/t17-,18+,21-,23-;17-,18-,21-,23+/m10/s1. The molecule has 0 N–H and O–H groups in total. The normalized spacial score (nSPS) is 23.6. The highest BCUT2D eigenvalue weighted by Crippen LogP contribution is 2.38. The first-order chi connectivity index (χ1) is 33.3. The lowest BCUT2D eigenvalue weighted by molar-refractivity contribution is 0.00359. The second-order valence-corrected chi connectivity index (χ2v) is 24.5. The predicted octanol–water partition coefficient (Wildman–Crippen LogP) is 6.88. The molecule has 20 nitrogen and oxygen atoms in total. The predicted molar refractivity (Wildman–Crippen MR) is 259 cm³/mol. The molecule has 0 aliphatic carbocycles. The quantitative estimate of drug-likeness (QED) is 0.0988. The molecule has 0 saturated carbocycles. The third-order valence-electron chi connectivity index (χ3n) is 13.4. The van der Waals surface area contributed by atoms with Crippen molar-refractivity contribution in [2.75, 3.05) is 26.4 Å². The first-order valence-corrected chi connectivity index (χ1v) is 28.4. The van der Waals surface area contributed by atoms with Gasteiger partial charge in [-0.25, -0.2) is 16.8 Å². The van der Waals surface area contributed by atoms with Gasteiger partial charge in [0.05, 0.1) is 70.1 Å². The summed E-state index contributed by atoms with van der Waals surface area (Å²) >= 11 is 0. The van der Waals surface area contributed by atoms with Crippen LogP contribution in [0.15, 0.2) is 24.8 Å². The summed E-state index contributed by atoms with van der Waals surface area (Å²) < 4.78 is 94.2. The fraction of sp³-hybridized carbons (Fsp3) is 0.750. The van der Waals surface area contributed by atoms with Crippen LogP contribution in [0.1, 0.15) is 189 Å². The van der Waals surface area contributed by atoms with Crippen molar-refractivity contribution in [2.45, 2.75) is 204 Å². The number of rotatable bonds is 18. The lowest BCUT2D eigenvalue weighted by Crippen LogP contribution is -2.32. The van der Waals surface area contributed by atoms with Gasteiger partial charge in [0.15, 0.2) is 31.3 Å². The molecule has 22 heteroatoms. The number of aryl methyl sites for hydroxylation is 2. The van der Waals surface area contributed by atoms with E-state index in [-0.39, 0.29) is 60.2 Å². The van der Waals surface area contributed by atoms with E-state index in [9.17, 15) is 16.8 Å². The highest BCUT2D eigenvalue weighted by Gasteiger charge is 2.40. The van der Waals surface area contributed by atoms with E-state index in [1.165, 1.54) is 0 Å². The summed E-state index contributed by atoms with van der Waals surface area (Å²) in [6.07, 6.45) is 11.3. The molecule has 0 aromatic carbocycles. The Labute approximate surface area is 413 Å². The minimum atomic E-state index is -3.69. The maximum atomic E-state index is 13.7. The van der Waals surface area contributed by atoms with Crippen molar-refractivity contribution >= 4 is 19.7 Å². The van der Waals surface area contributed by atoms with E-state index in [4.69, 9.17) is 28.4 Å². The number of ether oxygens (including phenoxy) is 6. The second kappa shape index (κ2) is 23.8. The monoisotopic (exact) mass is 1010 g/mol. The van der Waals surface area contributed by atoms with Crippen LogP contribution in [0.25, 0.3) is 0 Å². The molecular weight excluding hydrogens is 941 g/mol. The SMILES string of the molecule is Cc1cnc([C@H](OC(C)C)[C@H](C)S(=O)(=O)Cc2nnc([C@@H]3CC[C@H](C)O3)n2C2CCOCC2)cn1.Cc1cnc([C@H](OC(C)C)[C@H](C)S(=O)(=O)Cc2nnc([C@H]3CC[C@@H](C)O3)n2C2CCOCC2)cn1. The molecular formula is C48H74N10O10S2. The molecule has 4 saturated heterocycles. The maximum Gasteiger partial charge on any atom is 0.163 e. The average Bonchev–Trinajstić information content (AvgIpc) is 4.15. The summed E-state index contributed by atoms with van der Waals surface area (Å²) in [5, 5.41) is 15.9. The first kappa shape index (κ1) is 53.9. The van der Waals surface area contributed by atoms with E-state index in [0.717, 1.165) is 74.4 Å². The van der Waals surface area contributed by atoms with Crippen molar-refractivity contribution in [1.82, 2.24) is 49.5 Å². The Hall–Kier alpha value is -3.90. The minimum absolute atomic E-state index is 0.0828. The highest BCUT2D eigenvalue weighted by molar-refractivity contribution is 7.91. The smallest absolute Gasteiger partial charge is 0.163 e. The summed E-state index contributed by atoms with van der Waals surface area (Å²) in [5.41, 5.74) is 2.52. The van der Waals surface area contributed by atoms with Gasteiger partial charge in [0.1, 0.15) is 47.6 Å². The Morgan fingerprint density at radius 3 is 1.21 bits per heavy atom. The van der Waals surface area contributed by atoms with Crippen LogP contribution >= 0.6 is 0 Å². The number of hydrogen-bond acceptors (Lipinski definition) is 18. The molecule has 4 aromatic rings. The van der Waals surface area contributed by atoms with Crippen LogP contribution in [-0.4, -0.2) is 128 Å². The Morgan fingerprint density at radius 2 is 0.914 bits per heavy atom. The van der Waals surface area contributed by atoms with Gasteiger partial charge in [0, 0.05) is 50.9 Å². The molecule has 0 spiro atoms. The van der Waals surface area contributed by atoms with Crippen LogP contribution in [0.4, 0.5) is 0 Å². The lowest BCUT2D eigenvalue weighted by Gasteiger charge is -2.28. The molecule has 4 aromatic heterocycles. The molecule has 0 bridgehead atoms. The van der Waals surface area contributed by atoms with Crippen molar-refractivity contribution in [3.63, 3.8) is 0 Å². The van der Waals surface area contributed by atoms with Crippen LogP contribution in [0, 0.1) is 13.8 Å². The maximum absolute atomic E-state index is 13.7. The number of aromatic nitrogens is 10. The summed E-state index contributed by atoms with van der Waals surface area (Å²) in [6, 6.07) is 0.166. The zero-order valence-electron chi connectivity index (χ0n) is 42.5. The third-order valence-corrected chi connectivity index (χ3v) is 17.5. The molecule has 70 heavy (non-hydrogen) atoms. The van der Waals surface area contributed by atoms with Gasteiger partial charge in [0.25, 0.3) is 0 Å². The van der Waals surface area contributed by atoms with Crippen molar-refractivity contribution < 1.29 is 45.3 Å². The van der Waals surface area contributed by atoms with Crippen LogP contribution in [0.2, 0.25) is 0 Å². The number of nitrogens with zero attached hydrogens (tertiary/aromatic N) is 10. The molecule has 4 fully saturated rings. The molecule has 8 atom stereocenters. The summed E-state index contributed by atoms with van der Waals surface area (Å²) in [4.78, 5) is 17.4. The van der Waals surface area contributed by atoms with E-state index >= 15 is 0 Å². The van der Waals surface area contributed by atoms with E-state index < -0.39 is 42.4 Å². The summed E-state index contributed by atoms with van der Waals surface area (Å²) in [5.74, 6) is 1.85. The Kier molecular flexibility index (Phi) is 18.3. The fourth-order valence-electron chi connectivity index (χ4n) is 9.50. The Balaban J connectivity index is 0.000000206. The lowest BCUT2D eigenvalue weighted by atomic mass is 10.1. The summed E-state index contributed by atoms with van der Waals surface area (Å²) in [7, 11) is -7.37. The fourth-order valence-corrected chi connectivity index (χ4v) is 12.3. The molecule has 8 heterocycles. The largest absolute Gasteiger partial charge is 0.381 e. The van der Waals surface area contributed by atoms with Crippen LogP contribution < -0.4 is 0 Å². The van der Waals surface area contributed by atoms with Gasteiger partial charge >= 0.3 is 0 Å². The van der Waals surface area contributed by atoms with Gasteiger partial charge in [-0.3, -0.25) is 19.9 Å². The van der Waals surface area contributed by atoms with Gasteiger partial charge in [-0.05, 0) is 121 Å². The van der Waals surface area contributed by atoms with Crippen molar-refractivity contribution in [3.8, 4) is 0 Å². The molecule has 4 aliphatic rings. The second-order valence-electron chi connectivity index (χ2n) is 19.8. The van der Waals surface area contributed by atoms with Gasteiger partial charge < -0.3 is 37.6 Å². The molecule has 8 rings (SSSR count). The van der Waals surface area contributed by atoms with Crippen molar-refractivity contribution in [1.29, 1.82) is 0 Å². The van der Waals surface area contributed by atoms with Gasteiger partial charge in [-0.2, -0.15) is 0 Å². The third kappa shape index (κ3) is 13.4. The number of hydrogen-bond donors (Lipinski definition) is 0. The molecule has 0 unspecified atom stereocenters. The van der Waals surface area contributed by atoms with Gasteiger partial charge in [-0.1, -0.05) is 0 Å². The van der Waals surface area contributed by atoms with Crippen LogP contribution in [0.3, 0.4) is 0 Å².